The van der Waals surface area contributed by atoms with Crippen molar-refractivity contribution in [1.29, 1.82) is 0 Å². The van der Waals surface area contributed by atoms with Gasteiger partial charge in [0.25, 0.3) is 5.78 Å². The van der Waals surface area contributed by atoms with Crippen molar-refractivity contribution in [2.75, 3.05) is 25.5 Å². The van der Waals surface area contributed by atoms with Crippen LogP contribution in [0.5, 0.6) is 0 Å². The fourth-order valence-corrected chi connectivity index (χ4v) is 4.19. The Morgan fingerprint density at radius 2 is 2.30 bits per heavy atom. The van der Waals surface area contributed by atoms with E-state index in [4.69, 9.17) is 4.98 Å². The maximum atomic E-state index is 4.73. The Balaban J connectivity index is 1.56. The molecule has 2 aromatic heterocycles. The van der Waals surface area contributed by atoms with Gasteiger partial charge in [0.15, 0.2) is 0 Å². The fraction of sp³-hybridized carbons (Fsp3) is 0.706. The molecule has 124 valence electrons. The van der Waals surface area contributed by atoms with E-state index in [1.807, 2.05) is 4.52 Å². The second-order valence-electron chi connectivity index (χ2n) is 7.36. The number of anilines is 1. The first-order valence-corrected chi connectivity index (χ1v) is 9.00. The van der Waals surface area contributed by atoms with Gasteiger partial charge in [-0.2, -0.15) is 14.6 Å². The van der Waals surface area contributed by atoms with E-state index in [0.717, 1.165) is 37.0 Å². The van der Waals surface area contributed by atoms with Crippen LogP contribution in [0.25, 0.3) is 5.78 Å². The van der Waals surface area contributed by atoms with Gasteiger partial charge in [-0.3, -0.25) is 0 Å². The lowest BCUT2D eigenvalue weighted by atomic mass is 9.88. The minimum Gasteiger partial charge on any atom is -0.369 e. The zero-order chi connectivity index (χ0) is 15.8. The number of hydrogen-bond acceptors (Lipinski definition) is 4. The Labute approximate surface area is 137 Å². The van der Waals surface area contributed by atoms with Crippen LogP contribution < -0.4 is 10.2 Å². The molecule has 1 aliphatic heterocycles. The van der Waals surface area contributed by atoms with Crippen molar-refractivity contribution in [3.63, 3.8) is 0 Å². The van der Waals surface area contributed by atoms with Crippen molar-refractivity contribution >= 4 is 11.6 Å². The molecule has 2 N–H and O–H groups in total. The van der Waals surface area contributed by atoms with Gasteiger partial charge in [-0.1, -0.05) is 6.92 Å². The SMILES string of the molecule is C[C@H]1CCc2c(nc3ncnn3c2NCC[C@H]2CCC[NH+]2C)C1. The van der Waals surface area contributed by atoms with Crippen LogP contribution in [0.1, 0.15) is 43.9 Å². The maximum Gasteiger partial charge on any atom is 0.254 e. The van der Waals surface area contributed by atoms with Crippen LogP contribution >= 0.6 is 0 Å². The van der Waals surface area contributed by atoms with Crippen molar-refractivity contribution in [2.45, 2.75) is 51.5 Å². The number of hydrogen-bond donors (Lipinski definition) is 2. The molecule has 6 nitrogen and oxygen atoms in total. The highest BCUT2D eigenvalue weighted by atomic mass is 15.4. The van der Waals surface area contributed by atoms with Crippen molar-refractivity contribution in [1.82, 2.24) is 19.6 Å². The summed E-state index contributed by atoms with van der Waals surface area (Å²) in [5.74, 6) is 2.57. The van der Waals surface area contributed by atoms with Gasteiger partial charge >= 0.3 is 0 Å². The largest absolute Gasteiger partial charge is 0.369 e. The second-order valence-corrected chi connectivity index (χ2v) is 7.36. The predicted molar refractivity (Wildman–Crippen MR) is 89.9 cm³/mol. The lowest BCUT2D eigenvalue weighted by Gasteiger charge is -2.24. The highest BCUT2D eigenvalue weighted by molar-refractivity contribution is 5.53. The van der Waals surface area contributed by atoms with Crippen LogP contribution in [0.2, 0.25) is 0 Å². The minimum absolute atomic E-state index is 0.712. The smallest absolute Gasteiger partial charge is 0.254 e. The third kappa shape index (κ3) is 2.80. The van der Waals surface area contributed by atoms with Gasteiger partial charge in [-0.05, 0) is 25.2 Å². The summed E-state index contributed by atoms with van der Waals surface area (Å²) in [5, 5.41) is 8.06. The summed E-state index contributed by atoms with van der Waals surface area (Å²) in [6.07, 6.45) is 8.94. The Morgan fingerprint density at radius 3 is 3.13 bits per heavy atom. The Kier molecular flexibility index (Phi) is 3.93. The number of quaternary nitrogens is 1. The molecule has 1 aliphatic carbocycles. The van der Waals surface area contributed by atoms with E-state index in [2.05, 4.69) is 29.4 Å². The molecule has 1 unspecified atom stereocenters. The molecule has 3 atom stereocenters. The van der Waals surface area contributed by atoms with E-state index in [1.165, 1.54) is 43.5 Å². The number of nitrogens with zero attached hydrogens (tertiary/aromatic N) is 4. The van der Waals surface area contributed by atoms with E-state index in [-0.39, 0.29) is 0 Å². The van der Waals surface area contributed by atoms with Crippen LogP contribution in [-0.4, -0.2) is 45.8 Å². The summed E-state index contributed by atoms with van der Waals surface area (Å²) >= 11 is 0. The zero-order valence-electron chi connectivity index (χ0n) is 14.2. The van der Waals surface area contributed by atoms with Gasteiger partial charge in [-0.15, -0.1) is 0 Å². The predicted octanol–water partition coefficient (Wildman–Crippen LogP) is 0.728. The summed E-state index contributed by atoms with van der Waals surface area (Å²) in [7, 11) is 2.32. The minimum atomic E-state index is 0.712. The van der Waals surface area contributed by atoms with Crippen molar-refractivity contribution in [3.05, 3.63) is 17.6 Å². The van der Waals surface area contributed by atoms with Gasteiger partial charge in [0, 0.05) is 31.4 Å². The van der Waals surface area contributed by atoms with E-state index >= 15 is 0 Å². The Hall–Kier alpha value is -1.69. The van der Waals surface area contributed by atoms with Crippen LogP contribution in [0, 0.1) is 5.92 Å². The molecule has 3 heterocycles. The van der Waals surface area contributed by atoms with E-state index in [1.54, 1.807) is 11.2 Å². The highest BCUT2D eigenvalue weighted by Crippen LogP contribution is 2.29. The first-order valence-electron chi connectivity index (χ1n) is 9.00. The molecule has 23 heavy (non-hydrogen) atoms. The van der Waals surface area contributed by atoms with Crippen LogP contribution in [0.15, 0.2) is 6.33 Å². The number of rotatable bonds is 4. The molecule has 1 saturated heterocycles. The normalized spacial score (nSPS) is 27.3. The molecule has 0 saturated carbocycles. The van der Waals surface area contributed by atoms with Crippen molar-refractivity contribution in [2.24, 2.45) is 5.92 Å². The molecular formula is C17H27N6+. The third-order valence-electron chi connectivity index (χ3n) is 5.65. The lowest BCUT2D eigenvalue weighted by molar-refractivity contribution is -0.892. The molecule has 1 fully saturated rings. The first-order chi connectivity index (χ1) is 11.2. The number of aromatic nitrogens is 4. The summed E-state index contributed by atoms with van der Waals surface area (Å²) in [5.41, 5.74) is 2.57. The monoisotopic (exact) mass is 315 g/mol. The zero-order valence-corrected chi connectivity index (χ0v) is 14.2. The van der Waals surface area contributed by atoms with Crippen LogP contribution in [0.4, 0.5) is 5.82 Å². The van der Waals surface area contributed by atoms with E-state index < -0.39 is 0 Å². The molecule has 0 radical (unpaired) electrons. The standard InChI is InChI=1S/C17H26N6/c1-12-5-6-14-15(10-12)21-17-19-11-20-23(17)16(14)18-8-7-13-4-3-9-22(13)2/h11-13,18H,3-10H2,1-2H3/p+1/t12-,13+/m0/s1. The van der Waals surface area contributed by atoms with Gasteiger partial charge in [0.2, 0.25) is 0 Å². The van der Waals surface area contributed by atoms with Crippen LogP contribution in [-0.2, 0) is 12.8 Å². The van der Waals surface area contributed by atoms with Gasteiger partial charge in [0.1, 0.15) is 12.1 Å². The summed E-state index contributed by atoms with van der Waals surface area (Å²) in [4.78, 5) is 10.7. The van der Waals surface area contributed by atoms with Crippen LogP contribution in [0.3, 0.4) is 0 Å². The number of fused-ring (bicyclic) bond motifs is 2. The maximum absolute atomic E-state index is 4.73. The molecule has 2 aliphatic rings. The average Bonchev–Trinajstić information content (AvgIpc) is 3.15. The number of likely N-dealkylation sites (tertiary alicyclic amines) is 1. The molecule has 4 rings (SSSR count). The third-order valence-corrected chi connectivity index (χ3v) is 5.65. The lowest BCUT2D eigenvalue weighted by Crippen LogP contribution is -3.10. The van der Waals surface area contributed by atoms with Gasteiger partial charge in [0.05, 0.1) is 25.3 Å². The highest BCUT2D eigenvalue weighted by Gasteiger charge is 2.26. The Bertz CT molecular complexity index is 694. The summed E-state index contributed by atoms with van der Waals surface area (Å²) < 4.78 is 1.89. The fourth-order valence-electron chi connectivity index (χ4n) is 4.19. The Morgan fingerprint density at radius 1 is 1.39 bits per heavy atom. The quantitative estimate of drug-likeness (QED) is 0.873. The van der Waals surface area contributed by atoms with E-state index in [0.29, 0.717) is 5.92 Å². The van der Waals surface area contributed by atoms with Gasteiger partial charge < -0.3 is 10.2 Å². The molecule has 0 aromatic carbocycles. The van der Waals surface area contributed by atoms with E-state index in [9.17, 15) is 0 Å². The molecule has 0 amide bonds. The summed E-state index contributed by atoms with van der Waals surface area (Å²) in [6.45, 7) is 4.63. The topological polar surface area (TPSA) is 59.5 Å². The molecule has 6 heteroatoms. The molecule has 2 aromatic rings. The van der Waals surface area contributed by atoms with Gasteiger partial charge in [-0.25, -0.2) is 4.98 Å². The first kappa shape index (κ1) is 14.9. The second kappa shape index (κ2) is 6.07. The molecular weight excluding hydrogens is 288 g/mol. The average molecular weight is 315 g/mol. The number of nitrogens with one attached hydrogen (secondary N) is 2. The molecule has 0 bridgehead atoms. The summed E-state index contributed by atoms with van der Waals surface area (Å²) in [6, 6.07) is 0.798. The van der Waals surface area contributed by atoms with Crippen molar-refractivity contribution in [3.8, 4) is 0 Å². The molecule has 0 spiro atoms. The van der Waals surface area contributed by atoms with Crippen molar-refractivity contribution < 1.29 is 4.90 Å².